The molecule has 0 aromatic rings. The fraction of sp³-hybridized carbons (Fsp3) is 1.00. The van der Waals surface area contributed by atoms with Gasteiger partial charge in [0.05, 0.1) is 6.61 Å². The molecule has 0 aliphatic carbocycles. The molecule has 0 unspecified atom stereocenters. The molecule has 3 nitrogen and oxygen atoms in total. The van der Waals surface area contributed by atoms with Crippen LogP contribution in [0.25, 0.3) is 0 Å². The Balaban J connectivity index is 2.99. The number of hydrogen-bond donors (Lipinski definition) is 1. The van der Waals surface area contributed by atoms with Crippen LogP contribution in [0.1, 0.15) is 20.3 Å². The molecule has 86 valence electrons. The summed E-state index contributed by atoms with van der Waals surface area (Å²) in [4.78, 5) is 0. The first-order valence-corrected chi connectivity index (χ1v) is 6.15. The van der Waals surface area contributed by atoms with Gasteiger partial charge in [0.25, 0.3) is 0 Å². The van der Waals surface area contributed by atoms with E-state index in [1.54, 1.807) is 7.11 Å². The van der Waals surface area contributed by atoms with Crippen molar-refractivity contribution < 1.29 is 9.47 Å². The van der Waals surface area contributed by atoms with Crippen LogP contribution in [0.15, 0.2) is 0 Å². The molecule has 0 aliphatic rings. The highest BCUT2D eigenvalue weighted by atomic mass is 32.2. The van der Waals surface area contributed by atoms with E-state index in [4.69, 9.17) is 15.2 Å². The van der Waals surface area contributed by atoms with E-state index in [0.29, 0.717) is 0 Å². The molecule has 4 heteroatoms. The third kappa shape index (κ3) is 12.2. The molecule has 0 bridgehead atoms. The molecule has 0 saturated heterocycles. The van der Waals surface area contributed by atoms with Crippen LogP contribution in [0.2, 0.25) is 0 Å². The van der Waals surface area contributed by atoms with Crippen LogP contribution in [0, 0.1) is 0 Å². The maximum Gasteiger partial charge on any atom is 0.0556 e. The minimum atomic E-state index is -0.0687. The summed E-state index contributed by atoms with van der Waals surface area (Å²) in [6.07, 6.45) is 0.976. The lowest BCUT2D eigenvalue weighted by Crippen LogP contribution is -2.34. The second kappa shape index (κ2) is 8.53. The predicted octanol–water partition coefficient (Wildman–Crippen LogP) is 1.51. The number of ether oxygens (including phenoxy) is 2. The lowest BCUT2D eigenvalue weighted by molar-refractivity contribution is 0.113. The number of nitrogens with two attached hydrogens (primary N) is 1. The second-order valence-electron chi connectivity index (χ2n) is 4.00. The average Bonchev–Trinajstić information content (AvgIpc) is 2.08. The summed E-state index contributed by atoms with van der Waals surface area (Å²) < 4.78 is 10.3. The van der Waals surface area contributed by atoms with Crippen LogP contribution < -0.4 is 5.73 Å². The quantitative estimate of drug-likeness (QED) is 0.599. The Labute approximate surface area is 91.7 Å². The van der Waals surface area contributed by atoms with Gasteiger partial charge in [0.15, 0.2) is 0 Å². The molecule has 2 N–H and O–H groups in total. The number of rotatable bonds is 9. The Morgan fingerprint density at radius 1 is 1.21 bits per heavy atom. The maximum atomic E-state index is 5.84. The van der Waals surface area contributed by atoms with Crippen LogP contribution in [0.5, 0.6) is 0 Å². The van der Waals surface area contributed by atoms with Gasteiger partial charge in [0, 0.05) is 37.4 Å². The highest BCUT2D eigenvalue weighted by Crippen LogP contribution is 2.08. The van der Waals surface area contributed by atoms with Gasteiger partial charge in [0.1, 0.15) is 0 Å². The Bertz CT molecular complexity index is 126. The van der Waals surface area contributed by atoms with Crippen LogP contribution >= 0.6 is 11.8 Å². The normalized spacial score (nSPS) is 12.0. The molecular weight excluding hydrogens is 198 g/mol. The van der Waals surface area contributed by atoms with Gasteiger partial charge in [0.2, 0.25) is 0 Å². The molecule has 0 radical (unpaired) electrons. The van der Waals surface area contributed by atoms with Gasteiger partial charge >= 0.3 is 0 Å². The van der Waals surface area contributed by atoms with Gasteiger partial charge < -0.3 is 15.2 Å². The highest BCUT2D eigenvalue weighted by molar-refractivity contribution is 7.99. The van der Waals surface area contributed by atoms with Gasteiger partial charge in [-0.3, -0.25) is 0 Å². The van der Waals surface area contributed by atoms with Crippen molar-refractivity contribution >= 4 is 11.8 Å². The third-order valence-electron chi connectivity index (χ3n) is 1.48. The zero-order valence-corrected chi connectivity index (χ0v) is 10.4. The molecule has 0 amide bonds. The van der Waals surface area contributed by atoms with Crippen molar-refractivity contribution in [1.29, 1.82) is 0 Å². The first-order chi connectivity index (χ1) is 6.56. The van der Waals surface area contributed by atoms with Crippen molar-refractivity contribution in [1.82, 2.24) is 0 Å². The smallest absolute Gasteiger partial charge is 0.0556 e. The van der Waals surface area contributed by atoms with Gasteiger partial charge in [-0.25, -0.2) is 0 Å². The first-order valence-electron chi connectivity index (χ1n) is 4.99. The fourth-order valence-corrected chi connectivity index (χ4v) is 1.77. The molecule has 0 spiro atoms. The summed E-state index contributed by atoms with van der Waals surface area (Å²) in [5.41, 5.74) is 5.77. The topological polar surface area (TPSA) is 44.5 Å². The Morgan fingerprint density at radius 3 is 2.50 bits per heavy atom. The largest absolute Gasteiger partial charge is 0.385 e. The maximum absolute atomic E-state index is 5.84. The van der Waals surface area contributed by atoms with E-state index in [9.17, 15) is 0 Å². The molecule has 0 fully saturated rings. The first kappa shape index (κ1) is 14.2. The van der Waals surface area contributed by atoms with Gasteiger partial charge in [-0.15, -0.1) is 0 Å². The van der Waals surface area contributed by atoms with E-state index in [1.165, 1.54) is 0 Å². The van der Waals surface area contributed by atoms with Gasteiger partial charge in [-0.2, -0.15) is 11.8 Å². The van der Waals surface area contributed by atoms with Crippen molar-refractivity contribution in [3.05, 3.63) is 0 Å². The standard InChI is InChI=1S/C10H23NO2S/c1-10(2,11)9-14-8-7-13-6-4-5-12-3/h4-9,11H2,1-3H3. The summed E-state index contributed by atoms with van der Waals surface area (Å²) in [5.74, 6) is 2.00. The molecule has 0 saturated carbocycles. The van der Waals surface area contributed by atoms with E-state index in [2.05, 4.69) is 0 Å². The molecule has 0 rings (SSSR count). The highest BCUT2D eigenvalue weighted by Gasteiger charge is 2.09. The van der Waals surface area contributed by atoms with E-state index in [0.717, 1.165) is 37.7 Å². The summed E-state index contributed by atoms with van der Waals surface area (Å²) in [6.45, 7) is 6.47. The number of methoxy groups -OCH3 is 1. The van der Waals surface area contributed by atoms with E-state index in [-0.39, 0.29) is 5.54 Å². The van der Waals surface area contributed by atoms with Crippen molar-refractivity contribution in [2.45, 2.75) is 25.8 Å². The Morgan fingerprint density at radius 2 is 1.93 bits per heavy atom. The molecule has 0 aromatic heterocycles. The van der Waals surface area contributed by atoms with E-state index in [1.807, 2.05) is 25.6 Å². The van der Waals surface area contributed by atoms with Gasteiger partial charge in [-0.1, -0.05) is 0 Å². The SMILES string of the molecule is COCCCOCCSCC(C)(C)N. The Hall–Kier alpha value is 0.230. The monoisotopic (exact) mass is 221 g/mol. The van der Waals surface area contributed by atoms with Crippen molar-refractivity contribution in [2.24, 2.45) is 5.73 Å². The lowest BCUT2D eigenvalue weighted by atomic mass is 10.1. The predicted molar refractivity (Wildman–Crippen MR) is 62.9 cm³/mol. The van der Waals surface area contributed by atoms with Crippen molar-refractivity contribution in [2.75, 3.05) is 38.4 Å². The van der Waals surface area contributed by atoms with Crippen LogP contribution in [-0.4, -0.2) is 44.0 Å². The number of hydrogen-bond acceptors (Lipinski definition) is 4. The Kier molecular flexibility index (Phi) is 8.67. The fourth-order valence-electron chi connectivity index (χ4n) is 0.860. The zero-order valence-electron chi connectivity index (χ0n) is 9.54. The molecule has 0 aromatic carbocycles. The summed E-state index contributed by atoms with van der Waals surface area (Å²) in [5, 5.41) is 0. The van der Waals surface area contributed by atoms with Crippen molar-refractivity contribution in [3.63, 3.8) is 0 Å². The zero-order chi connectivity index (χ0) is 10.9. The van der Waals surface area contributed by atoms with Crippen LogP contribution in [-0.2, 0) is 9.47 Å². The third-order valence-corrected chi connectivity index (χ3v) is 2.89. The average molecular weight is 221 g/mol. The van der Waals surface area contributed by atoms with E-state index >= 15 is 0 Å². The summed E-state index contributed by atoms with van der Waals surface area (Å²) in [7, 11) is 1.71. The van der Waals surface area contributed by atoms with Gasteiger partial charge in [-0.05, 0) is 20.3 Å². The summed E-state index contributed by atoms with van der Waals surface area (Å²) in [6, 6.07) is 0. The minimum absolute atomic E-state index is 0.0687. The molecule has 0 atom stereocenters. The number of thioether (sulfide) groups is 1. The molecule has 14 heavy (non-hydrogen) atoms. The van der Waals surface area contributed by atoms with Crippen LogP contribution in [0.4, 0.5) is 0 Å². The summed E-state index contributed by atoms with van der Waals surface area (Å²) >= 11 is 1.84. The minimum Gasteiger partial charge on any atom is -0.385 e. The van der Waals surface area contributed by atoms with Crippen LogP contribution in [0.3, 0.4) is 0 Å². The lowest BCUT2D eigenvalue weighted by Gasteiger charge is -2.17. The molecular formula is C10H23NO2S. The second-order valence-corrected chi connectivity index (χ2v) is 5.11. The van der Waals surface area contributed by atoms with Crippen molar-refractivity contribution in [3.8, 4) is 0 Å². The van der Waals surface area contributed by atoms with E-state index < -0.39 is 0 Å². The molecule has 0 heterocycles. The molecule has 0 aliphatic heterocycles.